The summed E-state index contributed by atoms with van der Waals surface area (Å²) in [5.74, 6) is -1.51. The highest BCUT2D eigenvalue weighted by atomic mass is 16.3. The van der Waals surface area contributed by atoms with Crippen LogP contribution >= 0.6 is 0 Å². The van der Waals surface area contributed by atoms with Crippen molar-refractivity contribution in [1.82, 2.24) is 10.6 Å². The molecule has 10 N–H and O–H groups in total. The third-order valence-corrected chi connectivity index (χ3v) is 17.7. The second kappa shape index (κ2) is 24.3. The quantitative estimate of drug-likeness (QED) is 0.0697. The Morgan fingerprint density at radius 1 is 0.905 bits per heavy atom. The number of nitrogens with two attached hydrogens (primary N) is 1. The third-order valence-electron chi connectivity index (χ3n) is 17.7. The number of allylic oxidation sites excluding steroid dienone is 8. The molecule has 0 aromatic heterocycles. The topological polar surface area (TPSA) is 206 Å². The number of aliphatic hydroxyl groups excluding tert-OH is 4. The highest BCUT2D eigenvalue weighted by molar-refractivity contribution is 5.99. The molecular formula is C63H83N3O8. The minimum atomic E-state index is -1.35. The molecule has 74 heavy (non-hydrogen) atoms. The summed E-state index contributed by atoms with van der Waals surface area (Å²) in [6.45, 7) is 10.0. The number of carbonyl (C=O) groups excluding carboxylic acids is 2. The number of Topliss-reactive ketones (excluding diaryl/α,β-unsaturated/α-hetero) is 1. The number of phenols is 1. The van der Waals surface area contributed by atoms with Gasteiger partial charge in [-0.1, -0.05) is 121 Å². The van der Waals surface area contributed by atoms with Crippen molar-refractivity contribution in [2.24, 2.45) is 34.8 Å². The van der Waals surface area contributed by atoms with Crippen LogP contribution in [0.4, 0.5) is 0 Å². The van der Waals surface area contributed by atoms with Crippen molar-refractivity contribution in [3.63, 3.8) is 0 Å². The number of nitrogens with one attached hydrogen (secondary N) is 2. The molecule has 2 bridgehead atoms. The van der Waals surface area contributed by atoms with E-state index in [-0.39, 0.29) is 48.8 Å². The van der Waals surface area contributed by atoms with Gasteiger partial charge in [-0.3, -0.25) is 14.9 Å². The molecule has 1 spiro atoms. The van der Waals surface area contributed by atoms with E-state index in [4.69, 9.17) is 5.73 Å². The Kier molecular flexibility index (Phi) is 18.2. The summed E-state index contributed by atoms with van der Waals surface area (Å²) in [5, 5.41) is 77.6. The van der Waals surface area contributed by atoms with Gasteiger partial charge in [0.1, 0.15) is 18.0 Å². The second-order valence-corrected chi connectivity index (χ2v) is 23.0. The fourth-order valence-corrected chi connectivity index (χ4v) is 13.9. The smallest absolute Gasteiger partial charge is 0.243 e. The molecule has 0 radical (unpaired) electrons. The molecule has 5 aliphatic rings. The number of β-amino-alcohol motifs (C(OH)–C–C–N with tert-alkyl or cyclic N) is 1. The lowest BCUT2D eigenvalue weighted by Gasteiger charge is -2.56. The fourth-order valence-electron chi connectivity index (χ4n) is 13.9. The van der Waals surface area contributed by atoms with Crippen molar-refractivity contribution in [3.8, 4) is 5.75 Å². The van der Waals surface area contributed by atoms with E-state index in [0.29, 0.717) is 80.1 Å². The summed E-state index contributed by atoms with van der Waals surface area (Å²) in [4.78, 5) is 29.9. The molecule has 3 fully saturated rings. The molecule has 3 aromatic carbocycles. The minimum Gasteiger partial charge on any atom is -0.508 e. The van der Waals surface area contributed by atoms with E-state index in [1.54, 1.807) is 12.1 Å². The highest BCUT2D eigenvalue weighted by Crippen LogP contribution is 2.63. The second-order valence-electron chi connectivity index (χ2n) is 23.0. The average Bonchev–Trinajstić information content (AvgIpc) is 3.71. The van der Waals surface area contributed by atoms with Gasteiger partial charge in [0.05, 0.1) is 30.5 Å². The third kappa shape index (κ3) is 12.3. The maximum Gasteiger partial charge on any atom is 0.243 e. The number of ketones is 1. The van der Waals surface area contributed by atoms with Crippen LogP contribution in [0.25, 0.3) is 0 Å². The van der Waals surface area contributed by atoms with Gasteiger partial charge < -0.3 is 41.7 Å². The molecule has 8 rings (SSSR count). The summed E-state index contributed by atoms with van der Waals surface area (Å²) < 4.78 is 0. The molecule has 2 aliphatic heterocycles. The number of hydrogen-bond acceptors (Lipinski definition) is 10. The Labute approximate surface area is 439 Å². The maximum absolute atomic E-state index is 15.8. The van der Waals surface area contributed by atoms with E-state index in [0.717, 1.165) is 78.4 Å². The normalized spacial score (nSPS) is 30.7. The standard InChI is InChI=1S/C63H83N3O8/c1-39(2)12-8-13-40(3)14-9-20-46(38-67)50-29-31-63(59(50)72)53-27-26-49(69)35-43-16-10-15-42(32-43)34-47(33-41-22-24-48(68)25-23-41)55(71)37-65-58-57-45(19-11-21-52(57)60(64)66-61(58)73)36-54(70)56(44-17-6-5-7-18-44)51(53)28-30-62(63,4)74/h9-12,14-16,19-25,32,44,47,49-50,53,55,58-60,65,67-69,71-72,74H,3,5-8,13,17-18,26-31,33-38,64H2,1-2,4H3,(H,66,73). The number of rotatable bonds is 10. The highest BCUT2D eigenvalue weighted by Gasteiger charge is 2.64. The van der Waals surface area contributed by atoms with Gasteiger partial charge in [-0.25, -0.2) is 0 Å². The van der Waals surface area contributed by atoms with E-state index >= 15 is 4.79 Å². The van der Waals surface area contributed by atoms with E-state index in [9.17, 15) is 35.4 Å². The Morgan fingerprint density at radius 2 is 1.64 bits per heavy atom. The zero-order valence-electron chi connectivity index (χ0n) is 44.1. The first kappa shape index (κ1) is 55.3. The van der Waals surface area contributed by atoms with Crippen molar-refractivity contribution >= 4 is 11.7 Å². The zero-order valence-corrected chi connectivity index (χ0v) is 44.1. The zero-order chi connectivity index (χ0) is 52.7. The number of amides is 1. The molecule has 0 saturated heterocycles. The molecule has 10 unspecified atom stereocenters. The van der Waals surface area contributed by atoms with E-state index in [1.165, 1.54) is 5.57 Å². The fraction of sp³-hybridized carbons (Fsp3) is 0.524. The number of fused-ring (bicyclic) bond motifs is 4. The van der Waals surface area contributed by atoms with Gasteiger partial charge in [-0.15, -0.1) is 0 Å². The van der Waals surface area contributed by atoms with E-state index in [1.807, 2.05) is 73.7 Å². The molecule has 398 valence electrons. The predicted octanol–water partition coefficient (Wildman–Crippen LogP) is 8.95. The number of phenolic OH excluding ortho intramolecular Hbond substituents is 1. The van der Waals surface area contributed by atoms with Crippen molar-refractivity contribution in [3.05, 3.63) is 159 Å². The average molecular weight is 1010 g/mol. The van der Waals surface area contributed by atoms with Gasteiger partial charge in [-0.2, -0.15) is 0 Å². The lowest BCUT2D eigenvalue weighted by molar-refractivity contribution is -0.168. The van der Waals surface area contributed by atoms with Crippen molar-refractivity contribution < 1.29 is 40.2 Å². The number of aliphatic hydroxyl groups is 5. The molecule has 11 nitrogen and oxygen atoms in total. The summed E-state index contributed by atoms with van der Waals surface area (Å²) >= 11 is 0. The van der Waals surface area contributed by atoms with Gasteiger partial charge in [0.2, 0.25) is 5.91 Å². The van der Waals surface area contributed by atoms with Crippen LogP contribution in [0.3, 0.4) is 0 Å². The van der Waals surface area contributed by atoms with Crippen LogP contribution in [0.15, 0.2) is 125 Å². The Bertz CT molecular complexity index is 2600. The monoisotopic (exact) mass is 1010 g/mol. The number of aromatic hydroxyl groups is 1. The lowest BCUT2D eigenvalue weighted by atomic mass is 9.51. The molecule has 3 aromatic rings. The van der Waals surface area contributed by atoms with Crippen LogP contribution < -0.4 is 16.4 Å². The summed E-state index contributed by atoms with van der Waals surface area (Å²) in [7, 11) is 0. The molecule has 11 heteroatoms. The van der Waals surface area contributed by atoms with Crippen LogP contribution in [0, 0.1) is 29.1 Å². The van der Waals surface area contributed by atoms with E-state index < -0.39 is 53.4 Å². The summed E-state index contributed by atoms with van der Waals surface area (Å²) in [6, 6.07) is 19.8. The van der Waals surface area contributed by atoms with Crippen LogP contribution in [-0.4, -0.2) is 79.4 Å². The molecule has 3 aliphatic carbocycles. The maximum atomic E-state index is 15.8. The van der Waals surface area contributed by atoms with Crippen LogP contribution in [0.1, 0.15) is 150 Å². The molecule has 2 heterocycles. The Balaban J connectivity index is 1.23. The van der Waals surface area contributed by atoms with Gasteiger partial charge in [-0.05, 0) is 179 Å². The molecular weight excluding hydrogens is 927 g/mol. The van der Waals surface area contributed by atoms with Crippen molar-refractivity contribution in [1.29, 1.82) is 0 Å². The Morgan fingerprint density at radius 3 is 2.36 bits per heavy atom. The lowest BCUT2D eigenvalue weighted by Crippen LogP contribution is -2.59. The minimum absolute atomic E-state index is 0.00460. The van der Waals surface area contributed by atoms with Crippen molar-refractivity contribution in [2.45, 2.75) is 166 Å². The van der Waals surface area contributed by atoms with Crippen LogP contribution in [-0.2, 0) is 35.3 Å². The van der Waals surface area contributed by atoms with Crippen LogP contribution in [0.5, 0.6) is 5.75 Å². The van der Waals surface area contributed by atoms with Gasteiger partial charge in [0.25, 0.3) is 0 Å². The Hall–Kier alpha value is -4.98. The first-order valence-electron chi connectivity index (χ1n) is 27.6. The predicted molar refractivity (Wildman–Crippen MR) is 292 cm³/mol. The number of carbonyl (C=O) groups is 2. The first-order chi connectivity index (χ1) is 35.5. The number of hydrogen-bond donors (Lipinski definition) is 9. The molecule has 10 atom stereocenters. The van der Waals surface area contributed by atoms with E-state index in [2.05, 4.69) is 43.2 Å². The molecule has 3 saturated carbocycles. The van der Waals surface area contributed by atoms with Gasteiger partial charge in [0, 0.05) is 24.3 Å². The first-order valence-corrected chi connectivity index (χ1v) is 27.6. The van der Waals surface area contributed by atoms with Gasteiger partial charge in [0.15, 0.2) is 5.78 Å². The van der Waals surface area contributed by atoms with Crippen LogP contribution in [0.2, 0.25) is 0 Å². The largest absolute Gasteiger partial charge is 0.508 e. The molecule has 1 amide bonds. The summed E-state index contributed by atoms with van der Waals surface area (Å²) in [6.07, 6.45) is 14.7. The summed E-state index contributed by atoms with van der Waals surface area (Å²) in [5.41, 5.74) is 13.7. The SMILES string of the molecule is C=C(C=CC=C(CO)C1CCC2(C3CCC(O)Cc4cccc(c4)CC(Cc4ccc(O)cc4)C(O)CNC4C(=O)NC(N)c5cccc(c54)CC(=O)C(C4CCCCC4)=C3CCC2(C)O)C1O)CCC=C(C)C. The van der Waals surface area contributed by atoms with Crippen molar-refractivity contribution in [2.75, 3.05) is 13.2 Å². The number of benzene rings is 3. The van der Waals surface area contributed by atoms with Gasteiger partial charge >= 0.3 is 0 Å².